The van der Waals surface area contributed by atoms with Crippen LogP contribution in [-0.4, -0.2) is 89.3 Å². The van der Waals surface area contributed by atoms with Crippen LogP contribution in [0.25, 0.3) is 12.2 Å². The van der Waals surface area contributed by atoms with Crippen LogP contribution in [0.15, 0.2) is 119 Å². The minimum absolute atomic E-state index is 0.325. The van der Waals surface area contributed by atoms with Crippen molar-refractivity contribution in [3.8, 4) is 11.5 Å². The van der Waals surface area contributed by atoms with E-state index in [0.717, 1.165) is 148 Å². The Morgan fingerprint density at radius 3 is 1.02 bits per heavy atom. The summed E-state index contributed by atoms with van der Waals surface area (Å²) in [5.41, 5.74) is 5.47. The zero-order chi connectivity index (χ0) is 61.3. The van der Waals surface area contributed by atoms with Crippen molar-refractivity contribution in [2.24, 2.45) is 21.8 Å². The third-order valence-electron chi connectivity index (χ3n) is 14.7. The van der Waals surface area contributed by atoms with Gasteiger partial charge in [-0.05, 0) is 158 Å². The Morgan fingerprint density at radius 2 is 0.686 bits per heavy atom. The van der Waals surface area contributed by atoms with Crippen molar-refractivity contribution in [2.45, 2.75) is 182 Å². The molecule has 0 fully saturated rings. The van der Waals surface area contributed by atoms with Crippen LogP contribution in [0.3, 0.4) is 0 Å². The maximum Gasteiger partial charge on any atom is 0.407 e. The normalized spacial score (nSPS) is 12.2. The second kappa shape index (κ2) is 47.0. The van der Waals surface area contributed by atoms with E-state index >= 15 is 0 Å². The SMILES string of the molecule is CC[C@H](C)COC(=O)/C=C/c1ccc(N=Cc2ccc(OCCCCCCCCCCCOC(=O)NCCCCCCNC(=O)OCCCCCCCCCCCOc3ccc(C=Nc4ccc(/C=C/C(=O)OC[C@@H](C)CC)cc4)cc3)cc2)cc1. The predicted octanol–water partition coefficient (Wildman–Crippen LogP) is 17.9. The molecule has 86 heavy (non-hydrogen) atoms. The van der Waals surface area contributed by atoms with Crippen LogP contribution in [0.2, 0.25) is 0 Å². The van der Waals surface area contributed by atoms with E-state index in [-0.39, 0.29) is 24.1 Å². The Morgan fingerprint density at radius 1 is 0.384 bits per heavy atom. The van der Waals surface area contributed by atoms with Crippen molar-refractivity contribution < 1.29 is 47.6 Å². The molecule has 0 aliphatic carbocycles. The molecule has 4 rings (SSSR count). The maximum atomic E-state index is 12.1. The van der Waals surface area contributed by atoms with E-state index in [1.165, 1.54) is 63.5 Å². The summed E-state index contributed by atoms with van der Waals surface area (Å²) in [6.07, 6.45) is 35.4. The average Bonchev–Trinajstić information content (AvgIpc) is 3.75. The third-order valence-corrected chi connectivity index (χ3v) is 14.7. The summed E-state index contributed by atoms with van der Waals surface area (Å²) < 4.78 is 33.2. The molecule has 14 nitrogen and oxygen atoms in total. The first-order valence-corrected chi connectivity index (χ1v) is 32.3. The van der Waals surface area contributed by atoms with Gasteiger partial charge in [-0.2, -0.15) is 0 Å². The van der Waals surface area contributed by atoms with Crippen LogP contribution in [0.1, 0.15) is 204 Å². The Balaban J connectivity index is 0.826. The molecule has 0 saturated carbocycles. The molecule has 0 radical (unpaired) electrons. The summed E-state index contributed by atoms with van der Waals surface area (Å²) >= 11 is 0. The molecule has 0 spiro atoms. The van der Waals surface area contributed by atoms with E-state index in [0.29, 0.717) is 64.6 Å². The fraction of sp³-hybridized carbons (Fsp3) is 0.528. The Kier molecular flexibility index (Phi) is 38.9. The highest BCUT2D eigenvalue weighted by molar-refractivity contribution is 5.88. The molecule has 0 bridgehead atoms. The highest BCUT2D eigenvalue weighted by Gasteiger charge is 2.07. The minimum Gasteiger partial charge on any atom is -0.494 e. The highest BCUT2D eigenvalue weighted by Crippen LogP contribution is 2.20. The van der Waals surface area contributed by atoms with Gasteiger partial charge in [-0.3, -0.25) is 9.98 Å². The van der Waals surface area contributed by atoms with E-state index in [9.17, 15) is 19.2 Å². The van der Waals surface area contributed by atoms with Crippen LogP contribution < -0.4 is 20.1 Å². The van der Waals surface area contributed by atoms with Gasteiger partial charge in [-0.15, -0.1) is 0 Å². The van der Waals surface area contributed by atoms with Gasteiger partial charge in [-0.1, -0.05) is 168 Å². The molecule has 470 valence electrons. The van der Waals surface area contributed by atoms with Crippen molar-refractivity contribution in [1.82, 2.24) is 10.6 Å². The van der Waals surface area contributed by atoms with E-state index in [1.807, 2.05) is 109 Å². The molecule has 4 aromatic rings. The summed E-state index contributed by atoms with van der Waals surface area (Å²) in [6.45, 7) is 12.7. The largest absolute Gasteiger partial charge is 0.494 e. The Labute approximate surface area is 515 Å². The lowest BCUT2D eigenvalue weighted by molar-refractivity contribution is -0.139. The molecule has 0 saturated heterocycles. The minimum atomic E-state index is -0.342. The van der Waals surface area contributed by atoms with Crippen molar-refractivity contribution in [1.29, 1.82) is 0 Å². The summed E-state index contributed by atoms with van der Waals surface area (Å²) in [4.78, 5) is 57.1. The van der Waals surface area contributed by atoms with Crippen LogP contribution in [0.5, 0.6) is 11.5 Å². The van der Waals surface area contributed by atoms with Crippen molar-refractivity contribution in [3.05, 3.63) is 131 Å². The van der Waals surface area contributed by atoms with Gasteiger partial charge in [0.1, 0.15) is 11.5 Å². The number of benzene rings is 4. The fourth-order valence-corrected chi connectivity index (χ4v) is 8.73. The number of rotatable bonds is 47. The fourth-order valence-electron chi connectivity index (χ4n) is 8.73. The number of carbonyl (C=O) groups is 4. The number of esters is 2. The molecule has 2 amide bonds. The van der Waals surface area contributed by atoms with Gasteiger partial charge in [0, 0.05) is 37.7 Å². The molecule has 0 aliphatic rings. The number of nitrogens with one attached hydrogen (secondary N) is 2. The van der Waals surface area contributed by atoms with Crippen LogP contribution >= 0.6 is 0 Å². The lowest BCUT2D eigenvalue weighted by Crippen LogP contribution is -2.26. The molecular weight excluding hydrogens is 1080 g/mol. The predicted molar refractivity (Wildman–Crippen MR) is 350 cm³/mol. The zero-order valence-electron chi connectivity index (χ0n) is 52.5. The van der Waals surface area contributed by atoms with Crippen LogP contribution in [0.4, 0.5) is 21.0 Å². The molecule has 14 heteroatoms. The molecule has 0 aromatic heterocycles. The van der Waals surface area contributed by atoms with E-state index in [2.05, 4.69) is 48.3 Å². The number of amides is 2. The monoisotopic (exact) mass is 1180 g/mol. The topological polar surface area (TPSA) is 172 Å². The van der Waals surface area contributed by atoms with Gasteiger partial charge in [-0.25, -0.2) is 19.2 Å². The number of hydrogen-bond acceptors (Lipinski definition) is 12. The maximum absolute atomic E-state index is 12.1. The number of carbonyl (C=O) groups excluding carboxylic acids is 4. The molecule has 0 unspecified atom stereocenters. The van der Waals surface area contributed by atoms with E-state index in [4.69, 9.17) is 28.4 Å². The molecule has 2 N–H and O–H groups in total. The lowest BCUT2D eigenvalue weighted by Gasteiger charge is -2.08. The number of hydrogen-bond donors (Lipinski definition) is 2. The lowest BCUT2D eigenvalue weighted by atomic mass is 10.1. The summed E-state index contributed by atoms with van der Waals surface area (Å²) in [6, 6.07) is 31.3. The quantitative estimate of drug-likeness (QED) is 0.0143. The standard InChI is InChI=1S/C72H102N4O10/c1-5-59(3)57-85-69(77)47-37-61-29-39-65(40-30-61)75-55-63-33-43-67(44-34-63)81-51-25-19-13-9-7-11-15-21-27-53-83-71(79)73-49-23-17-18-24-50-74-72(80)84-54-28-22-16-12-8-10-14-20-26-52-82-68-45-35-64(36-46-68)56-76-66-41-31-62(32-42-66)38-48-70(78)86-58-60(4)6-2/h29-48,55-56,59-60H,5-28,49-54,57-58H2,1-4H3,(H,73,79)(H,74,80)/b47-37+,48-38+,75-55?,76-56?/t59-,60-/m0/s1. The number of aliphatic imine (C=N–C) groups is 2. The molecule has 4 aromatic carbocycles. The van der Waals surface area contributed by atoms with Gasteiger partial charge >= 0.3 is 24.1 Å². The highest BCUT2D eigenvalue weighted by atomic mass is 16.6. The first kappa shape index (κ1) is 71.3. The van der Waals surface area contributed by atoms with Gasteiger partial charge in [0.25, 0.3) is 0 Å². The molecule has 0 heterocycles. The Bertz CT molecular complexity index is 2370. The zero-order valence-corrected chi connectivity index (χ0v) is 52.5. The first-order chi connectivity index (χ1) is 42.1. The van der Waals surface area contributed by atoms with Gasteiger partial charge < -0.3 is 39.1 Å². The van der Waals surface area contributed by atoms with Crippen molar-refractivity contribution in [3.63, 3.8) is 0 Å². The second-order valence-corrected chi connectivity index (χ2v) is 22.4. The van der Waals surface area contributed by atoms with Crippen LogP contribution in [0, 0.1) is 11.8 Å². The summed E-state index contributed by atoms with van der Waals surface area (Å²) in [5, 5.41) is 5.70. The van der Waals surface area contributed by atoms with Gasteiger partial charge in [0.2, 0.25) is 0 Å². The number of ether oxygens (including phenoxy) is 6. The second-order valence-electron chi connectivity index (χ2n) is 22.4. The number of alkyl carbamates (subject to hydrolysis) is 2. The van der Waals surface area contributed by atoms with Gasteiger partial charge in [0.05, 0.1) is 51.0 Å². The molecular formula is C72H102N4O10. The van der Waals surface area contributed by atoms with Crippen LogP contribution in [-0.2, 0) is 28.5 Å². The Hall–Kier alpha value is -7.22. The van der Waals surface area contributed by atoms with Gasteiger partial charge in [0.15, 0.2) is 0 Å². The van der Waals surface area contributed by atoms with E-state index < -0.39 is 0 Å². The smallest absolute Gasteiger partial charge is 0.407 e. The first-order valence-electron chi connectivity index (χ1n) is 32.3. The number of nitrogens with zero attached hydrogens (tertiary/aromatic N) is 2. The summed E-state index contributed by atoms with van der Waals surface area (Å²) in [5.74, 6) is 1.79. The molecule has 0 aliphatic heterocycles. The summed E-state index contributed by atoms with van der Waals surface area (Å²) in [7, 11) is 0. The van der Waals surface area contributed by atoms with Crippen molar-refractivity contribution >= 4 is 60.1 Å². The van der Waals surface area contributed by atoms with Crippen molar-refractivity contribution in [2.75, 3.05) is 52.7 Å². The van der Waals surface area contributed by atoms with E-state index in [1.54, 1.807) is 12.2 Å². The average molecular weight is 1180 g/mol. The molecule has 2 atom stereocenters. The number of unbranched alkanes of at least 4 members (excludes halogenated alkanes) is 19. The third kappa shape index (κ3) is 36.6.